The molecular weight excluding hydrogens is 262 g/mol. The minimum absolute atomic E-state index is 0.160. The summed E-state index contributed by atoms with van der Waals surface area (Å²) in [6.45, 7) is 3.96. The van der Waals surface area contributed by atoms with E-state index in [1.165, 1.54) is 0 Å². The van der Waals surface area contributed by atoms with Crippen LogP contribution in [0.1, 0.15) is 32.6 Å². The van der Waals surface area contributed by atoms with E-state index in [9.17, 15) is 4.79 Å². The molecule has 4 heteroatoms. The van der Waals surface area contributed by atoms with Gasteiger partial charge in [0.25, 0.3) is 0 Å². The minimum Gasteiger partial charge on any atom is -0.378 e. The van der Waals surface area contributed by atoms with Crippen LogP contribution in [0.15, 0.2) is 24.3 Å². The molecule has 1 aliphatic heterocycles. The molecule has 1 heterocycles. The molecule has 0 radical (unpaired) electrons. The highest BCUT2D eigenvalue weighted by molar-refractivity contribution is 5.96. The summed E-state index contributed by atoms with van der Waals surface area (Å²) in [5.74, 6) is 0.160. The van der Waals surface area contributed by atoms with Gasteiger partial charge in [-0.25, -0.2) is 0 Å². The quantitative estimate of drug-likeness (QED) is 0.876. The number of hydrogen-bond donors (Lipinski definition) is 2. The molecule has 1 atom stereocenters. The van der Waals surface area contributed by atoms with Gasteiger partial charge in [-0.1, -0.05) is 19.4 Å². The fourth-order valence-electron chi connectivity index (χ4n) is 3.09. The molecule has 0 saturated carbocycles. The number of amides is 1. The SMILES string of the molecule is CCCC1(C(=O)Nc2cccc(N(C)C)c2)CCCNC1. The molecule has 1 fully saturated rings. The van der Waals surface area contributed by atoms with Crippen molar-refractivity contribution in [3.63, 3.8) is 0 Å². The zero-order valence-electron chi connectivity index (χ0n) is 13.4. The molecule has 21 heavy (non-hydrogen) atoms. The van der Waals surface area contributed by atoms with Crippen molar-refractivity contribution in [3.05, 3.63) is 24.3 Å². The number of carbonyl (C=O) groups excluding carboxylic acids is 1. The Morgan fingerprint density at radius 2 is 2.24 bits per heavy atom. The second-order valence-electron chi connectivity index (χ2n) is 6.21. The normalized spacial score (nSPS) is 21.9. The molecule has 0 aliphatic carbocycles. The number of nitrogens with one attached hydrogen (secondary N) is 2. The Labute approximate surface area is 127 Å². The Balaban J connectivity index is 2.13. The number of hydrogen-bond acceptors (Lipinski definition) is 3. The van der Waals surface area contributed by atoms with Crippen molar-refractivity contribution in [3.8, 4) is 0 Å². The standard InChI is InChI=1S/C17H27N3O/c1-4-9-17(10-6-11-18-13-17)16(21)19-14-7-5-8-15(12-14)20(2)3/h5,7-8,12,18H,4,6,9-11,13H2,1-3H3,(H,19,21). The van der Waals surface area contributed by atoms with Crippen LogP contribution in [0.4, 0.5) is 11.4 Å². The maximum absolute atomic E-state index is 12.8. The lowest BCUT2D eigenvalue weighted by Crippen LogP contribution is -2.48. The van der Waals surface area contributed by atoms with Gasteiger partial charge in [-0.2, -0.15) is 0 Å². The lowest BCUT2D eigenvalue weighted by molar-refractivity contribution is -0.127. The Kier molecular flexibility index (Phi) is 5.23. The summed E-state index contributed by atoms with van der Waals surface area (Å²) < 4.78 is 0. The van der Waals surface area contributed by atoms with Crippen molar-refractivity contribution in [1.82, 2.24) is 5.32 Å². The van der Waals surface area contributed by atoms with Gasteiger partial charge in [0.2, 0.25) is 5.91 Å². The number of carbonyl (C=O) groups is 1. The number of nitrogens with zero attached hydrogens (tertiary/aromatic N) is 1. The highest BCUT2D eigenvalue weighted by Gasteiger charge is 2.38. The summed E-state index contributed by atoms with van der Waals surface area (Å²) in [6, 6.07) is 8.00. The average Bonchev–Trinajstić information content (AvgIpc) is 2.48. The lowest BCUT2D eigenvalue weighted by atomic mass is 9.76. The molecule has 1 aromatic carbocycles. The summed E-state index contributed by atoms with van der Waals surface area (Å²) in [4.78, 5) is 14.8. The van der Waals surface area contributed by atoms with Crippen molar-refractivity contribution in [1.29, 1.82) is 0 Å². The van der Waals surface area contributed by atoms with Gasteiger partial charge in [-0.3, -0.25) is 4.79 Å². The van der Waals surface area contributed by atoms with Crippen LogP contribution < -0.4 is 15.5 Å². The number of anilines is 2. The van der Waals surface area contributed by atoms with Gasteiger partial charge in [-0.15, -0.1) is 0 Å². The van der Waals surface area contributed by atoms with Crippen molar-refractivity contribution in [2.75, 3.05) is 37.4 Å². The van der Waals surface area contributed by atoms with E-state index < -0.39 is 0 Å². The molecule has 1 saturated heterocycles. The molecule has 2 N–H and O–H groups in total. The van der Waals surface area contributed by atoms with Gasteiger partial charge in [0, 0.05) is 32.0 Å². The third-order valence-electron chi connectivity index (χ3n) is 4.30. The first-order valence-corrected chi connectivity index (χ1v) is 7.87. The number of piperidine rings is 1. The molecule has 1 unspecified atom stereocenters. The minimum atomic E-state index is -0.249. The van der Waals surface area contributed by atoms with Crippen LogP contribution in [-0.2, 0) is 4.79 Å². The summed E-state index contributed by atoms with van der Waals surface area (Å²) in [5, 5.41) is 6.51. The Hall–Kier alpha value is -1.55. The Morgan fingerprint density at radius 3 is 2.86 bits per heavy atom. The molecule has 0 bridgehead atoms. The summed E-state index contributed by atoms with van der Waals surface area (Å²) in [5.41, 5.74) is 1.73. The number of rotatable bonds is 5. The van der Waals surface area contributed by atoms with E-state index in [1.807, 2.05) is 43.3 Å². The third kappa shape index (κ3) is 3.76. The topological polar surface area (TPSA) is 44.4 Å². The van der Waals surface area contributed by atoms with Crippen LogP contribution in [0, 0.1) is 5.41 Å². The fourth-order valence-corrected chi connectivity index (χ4v) is 3.09. The Bertz CT molecular complexity index is 473. The molecular formula is C17H27N3O. The van der Waals surface area contributed by atoms with E-state index in [4.69, 9.17) is 0 Å². The van der Waals surface area contributed by atoms with Crippen LogP contribution in [-0.4, -0.2) is 33.1 Å². The van der Waals surface area contributed by atoms with Gasteiger partial charge < -0.3 is 15.5 Å². The maximum Gasteiger partial charge on any atom is 0.231 e. The molecule has 1 aromatic rings. The zero-order chi connectivity index (χ0) is 15.3. The first kappa shape index (κ1) is 15.8. The predicted octanol–water partition coefficient (Wildman–Crippen LogP) is 2.86. The van der Waals surface area contributed by atoms with Crippen molar-refractivity contribution < 1.29 is 4.79 Å². The van der Waals surface area contributed by atoms with Crippen LogP contribution in [0.5, 0.6) is 0 Å². The van der Waals surface area contributed by atoms with E-state index >= 15 is 0 Å². The molecule has 0 spiro atoms. The molecule has 1 aliphatic rings. The highest BCUT2D eigenvalue weighted by atomic mass is 16.2. The summed E-state index contributed by atoms with van der Waals surface area (Å²) >= 11 is 0. The van der Waals surface area contributed by atoms with Crippen molar-refractivity contribution >= 4 is 17.3 Å². The van der Waals surface area contributed by atoms with Crippen LogP contribution in [0.3, 0.4) is 0 Å². The zero-order valence-corrected chi connectivity index (χ0v) is 13.4. The smallest absolute Gasteiger partial charge is 0.231 e. The lowest BCUT2D eigenvalue weighted by Gasteiger charge is -2.36. The van der Waals surface area contributed by atoms with E-state index in [1.54, 1.807) is 0 Å². The first-order valence-electron chi connectivity index (χ1n) is 7.87. The van der Waals surface area contributed by atoms with E-state index in [2.05, 4.69) is 17.6 Å². The second kappa shape index (κ2) is 6.94. The van der Waals surface area contributed by atoms with Crippen molar-refractivity contribution in [2.45, 2.75) is 32.6 Å². The molecule has 116 valence electrons. The molecule has 0 aromatic heterocycles. The predicted molar refractivity (Wildman–Crippen MR) is 88.8 cm³/mol. The maximum atomic E-state index is 12.8. The van der Waals surface area contributed by atoms with Gasteiger partial charge in [0.05, 0.1) is 5.41 Å². The second-order valence-corrected chi connectivity index (χ2v) is 6.21. The highest BCUT2D eigenvalue weighted by Crippen LogP contribution is 2.33. The Morgan fingerprint density at radius 1 is 1.43 bits per heavy atom. The van der Waals surface area contributed by atoms with E-state index in [0.717, 1.165) is 50.1 Å². The van der Waals surface area contributed by atoms with Crippen LogP contribution in [0.2, 0.25) is 0 Å². The largest absolute Gasteiger partial charge is 0.378 e. The van der Waals surface area contributed by atoms with Crippen molar-refractivity contribution in [2.24, 2.45) is 5.41 Å². The van der Waals surface area contributed by atoms with Gasteiger partial charge in [-0.05, 0) is 44.0 Å². The van der Waals surface area contributed by atoms with Gasteiger partial charge >= 0.3 is 0 Å². The van der Waals surface area contributed by atoms with Crippen LogP contribution >= 0.6 is 0 Å². The van der Waals surface area contributed by atoms with Crippen LogP contribution in [0.25, 0.3) is 0 Å². The number of benzene rings is 1. The fraction of sp³-hybridized carbons (Fsp3) is 0.588. The monoisotopic (exact) mass is 289 g/mol. The van der Waals surface area contributed by atoms with Gasteiger partial charge in [0.1, 0.15) is 0 Å². The molecule has 2 rings (SSSR count). The third-order valence-corrected chi connectivity index (χ3v) is 4.30. The molecule has 4 nitrogen and oxygen atoms in total. The van der Waals surface area contributed by atoms with Gasteiger partial charge in [0.15, 0.2) is 0 Å². The summed E-state index contributed by atoms with van der Waals surface area (Å²) in [6.07, 6.45) is 4.03. The first-order chi connectivity index (χ1) is 10.1. The summed E-state index contributed by atoms with van der Waals surface area (Å²) in [7, 11) is 4.01. The average molecular weight is 289 g/mol. The van der Waals surface area contributed by atoms with E-state index in [-0.39, 0.29) is 11.3 Å². The molecule has 1 amide bonds. The van der Waals surface area contributed by atoms with E-state index in [0.29, 0.717) is 0 Å².